The number of fused-ring (bicyclic) bond motifs is 12. The molecular formula is C94H62N6. The van der Waals surface area contributed by atoms with Gasteiger partial charge >= 0.3 is 0 Å². The summed E-state index contributed by atoms with van der Waals surface area (Å²) in [5, 5.41) is 9.66. The van der Waals surface area contributed by atoms with Gasteiger partial charge in [0.2, 0.25) is 0 Å². The van der Waals surface area contributed by atoms with Crippen LogP contribution in [0.25, 0.3) is 177 Å². The van der Waals surface area contributed by atoms with Crippen molar-refractivity contribution in [1.82, 2.24) is 28.2 Å². The Labute approximate surface area is 578 Å². The number of hydrogen-bond donors (Lipinski definition) is 0. The second kappa shape index (κ2) is 24.3. The van der Waals surface area contributed by atoms with Gasteiger partial charge in [0, 0.05) is 78.2 Å². The van der Waals surface area contributed by atoms with E-state index in [2.05, 4.69) is 370 Å². The van der Waals surface area contributed by atoms with Crippen molar-refractivity contribution < 1.29 is 0 Å². The molecule has 0 spiro atoms. The van der Waals surface area contributed by atoms with Gasteiger partial charge in [0.1, 0.15) is 11.3 Å². The molecule has 20 aromatic rings. The average Bonchev–Trinajstić information content (AvgIpc) is 1.59. The molecule has 0 radical (unpaired) electrons. The zero-order valence-corrected chi connectivity index (χ0v) is 54.5. The molecule has 0 aliphatic rings. The third kappa shape index (κ3) is 9.88. The number of nitrogens with zero attached hydrogens (tertiary/aromatic N) is 6. The lowest BCUT2D eigenvalue weighted by Gasteiger charge is -2.11. The Morgan fingerprint density at radius 3 is 0.910 bits per heavy atom. The van der Waals surface area contributed by atoms with Crippen molar-refractivity contribution in [3.63, 3.8) is 0 Å². The lowest BCUT2D eigenvalue weighted by molar-refractivity contribution is 1.14. The van der Waals surface area contributed by atoms with Gasteiger partial charge in [-0.3, -0.25) is 9.13 Å². The molecule has 0 bridgehead atoms. The molecule has 20 rings (SSSR count). The summed E-state index contributed by atoms with van der Waals surface area (Å²) in [6.45, 7) is 0. The summed E-state index contributed by atoms with van der Waals surface area (Å²) in [7, 11) is 0. The van der Waals surface area contributed by atoms with Gasteiger partial charge in [-0.2, -0.15) is 0 Å². The Hall–Kier alpha value is -13.4. The van der Waals surface area contributed by atoms with Crippen LogP contribution in [0, 0.1) is 0 Å². The fourth-order valence-corrected chi connectivity index (χ4v) is 15.4. The van der Waals surface area contributed by atoms with E-state index < -0.39 is 0 Å². The highest BCUT2D eigenvalue weighted by Gasteiger charge is 2.22. The zero-order chi connectivity index (χ0) is 66.0. The first-order chi connectivity index (χ1) is 49.6. The van der Waals surface area contributed by atoms with Gasteiger partial charge in [-0.25, -0.2) is 9.97 Å². The highest BCUT2D eigenvalue weighted by molar-refractivity contribution is 6.19. The first-order valence-corrected chi connectivity index (χ1v) is 34.1. The number of pyridine rings is 2. The molecule has 100 heavy (non-hydrogen) atoms. The Balaban J connectivity index is 0.000000139. The molecule has 0 unspecified atom stereocenters. The number of aromatic nitrogens is 6. The first kappa shape index (κ1) is 58.0. The molecule has 6 heteroatoms. The van der Waals surface area contributed by atoms with Crippen LogP contribution < -0.4 is 0 Å². The lowest BCUT2D eigenvalue weighted by Crippen LogP contribution is -1.95. The molecule has 0 saturated heterocycles. The van der Waals surface area contributed by atoms with Crippen LogP contribution in [0.1, 0.15) is 0 Å². The molecule has 0 N–H and O–H groups in total. The van der Waals surface area contributed by atoms with E-state index in [0.717, 1.165) is 55.8 Å². The Morgan fingerprint density at radius 2 is 0.480 bits per heavy atom. The van der Waals surface area contributed by atoms with Crippen LogP contribution in [0.2, 0.25) is 0 Å². The largest absolute Gasteiger partial charge is 0.309 e. The van der Waals surface area contributed by atoms with Crippen LogP contribution in [-0.2, 0) is 0 Å². The summed E-state index contributed by atoms with van der Waals surface area (Å²) < 4.78 is 9.38. The number of rotatable bonds is 10. The van der Waals surface area contributed by atoms with Gasteiger partial charge in [0.25, 0.3) is 0 Å². The van der Waals surface area contributed by atoms with Crippen LogP contribution in [0.4, 0.5) is 0 Å². The standard InChI is InChI=1S/2C47H31N3/c1-3-12-32(13-4-1)34-23-26-37(27-24-34)49-43-21-8-7-18-41(43)46-39(19-10-22-45(46)49)36-25-28-44-42(31-36)40-20-11-29-48-47(40)50(44)38-17-9-16-35(30-38)33-14-5-2-6-15-33;1-3-11-32(12-4-1)34-20-25-37(26-21-34)49-43-18-8-7-15-41(43)46-39(16-9-19-45(46)49)36-24-29-44-42(31-36)40-17-10-30-48-47(40)50(44)38-27-22-35(23-28-38)33-13-5-2-6-14-33/h2*1-31H. The molecule has 0 aliphatic heterocycles. The minimum atomic E-state index is 0.957. The summed E-state index contributed by atoms with van der Waals surface area (Å²) >= 11 is 0. The van der Waals surface area contributed by atoms with E-state index in [9.17, 15) is 0 Å². The molecule has 6 aromatic heterocycles. The maximum Gasteiger partial charge on any atom is 0.145 e. The fraction of sp³-hybridized carbons (Fsp3) is 0. The first-order valence-electron chi connectivity index (χ1n) is 34.1. The van der Waals surface area contributed by atoms with E-state index in [0.29, 0.717) is 0 Å². The van der Waals surface area contributed by atoms with Gasteiger partial charge < -0.3 is 9.13 Å². The number of hydrogen-bond acceptors (Lipinski definition) is 2. The molecule has 6 nitrogen and oxygen atoms in total. The second-order valence-electron chi connectivity index (χ2n) is 25.6. The Kier molecular flexibility index (Phi) is 14.1. The number of para-hydroxylation sites is 2. The predicted molar refractivity (Wildman–Crippen MR) is 418 cm³/mol. The van der Waals surface area contributed by atoms with Gasteiger partial charge in [-0.15, -0.1) is 0 Å². The lowest BCUT2D eigenvalue weighted by atomic mass is 9.98. The Morgan fingerprint density at radius 1 is 0.170 bits per heavy atom. The van der Waals surface area contributed by atoms with E-state index in [1.165, 1.54) is 121 Å². The molecule has 0 atom stereocenters. The summed E-state index contributed by atoms with van der Waals surface area (Å²) in [6.07, 6.45) is 3.78. The third-order valence-corrected chi connectivity index (χ3v) is 20.0. The summed E-state index contributed by atoms with van der Waals surface area (Å²) in [5.41, 5.74) is 27.9. The van der Waals surface area contributed by atoms with Gasteiger partial charge in [0.15, 0.2) is 0 Å². The molecule has 468 valence electrons. The van der Waals surface area contributed by atoms with Crippen molar-refractivity contribution >= 4 is 87.5 Å². The van der Waals surface area contributed by atoms with Crippen molar-refractivity contribution in [3.8, 4) is 89.5 Å². The van der Waals surface area contributed by atoms with E-state index in [-0.39, 0.29) is 0 Å². The SMILES string of the molecule is c1ccc(-c2ccc(-n3c4ccccc4c4c(-c5ccc6c(c5)c5cccnc5n6-c5ccc(-c6ccccc6)cc5)cccc43)cc2)cc1.c1ccc(-c2ccc(-n3c4ccccc4c4c(-c5ccc6c(c5)c5cccnc5n6-c5cccc(-c6ccccc6)c5)cccc43)cc2)cc1. The normalized spacial score (nSPS) is 11.6. The molecule has 0 aliphatic carbocycles. The van der Waals surface area contributed by atoms with Crippen LogP contribution in [0.3, 0.4) is 0 Å². The Bertz CT molecular complexity index is 6460. The maximum atomic E-state index is 4.91. The van der Waals surface area contributed by atoms with Crippen LogP contribution >= 0.6 is 0 Å². The van der Waals surface area contributed by atoms with E-state index >= 15 is 0 Å². The number of benzene rings is 14. The molecule has 6 heterocycles. The summed E-state index contributed by atoms with van der Waals surface area (Å²) in [4.78, 5) is 9.80. The van der Waals surface area contributed by atoms with Gasteiger partial charge in [-0.1, -0.05) is 243 Å². The molecular weight excluding hydrogens is 1210 g/mol. The second-order valence-corrected chi connectivity index (χ2v) is 25.6. The van der Waals surface area contributed by atoms with Crippen molar-refractivity contribution in [2.24, 2.45) is 0 Å². The highest BCUT2D eigenvalue weighted by Crippen LogP contribution is 2.44. The van der Waals surface area contributed by atoms with Crippen LogP contribution in [-0.4, -0.2) is 28.2 Å². The van der Waals surface area contributed by atoms with Crippen LogP contribution in [0.5, 0.6) is 0 Å². The van der Waals surface area contributed by atoms with Crippen molar-refractivity contribution in [1.29, 1.82) is 0 Å². The zero-order valence-electron chi connectivity index (χ0n) is 54.5. The minimum absolute atomic E-state index is 0.957. The predicted octanol–water partition coefficient (Wildman–Crippen LogP) is 24.6. The quantitative estimate of drug-likeness (QED) is 0.137. The van der Waals surface area contributed by atoms with Gasteiger partial charge in [-0.05, 0) is 188 Å². The topological polar surface area (TPSA) is 45.5 Å². The maximum absolute atomic E-state index is 4.91. The minimum Gasteiger partial charge on any atom is -0.309 e. The molecule has 14 aromatic carbocycles. The van der Waals surface area contributed by atoms with Crippen molar-refractivity contribution in [2.75, 3.05) is 0 Å². The van der Waals surface area contributed by atoms with E-state index in [1.54, 1.807) is 0 Å². The third-order valence-electron chi connectivity index (χ3n) is 20.0. The van der Waals surface area contributed by atoms with Crippen LogP contribution in [0.15, 0.2) is 376 Å². The highest BCUT2D eigenvalue weighted by atomic mass is 15.1. The van der Waals surface area contributed by atoms with Crippen molar-refractivity contribution in [2.45, 2.75) is 0 Å². The fourth-order valence-electron chi connectivity index (χ4n) is 15.4. The van der Waals surface area contributed by atoms with Gasteiger partial charge in [0.05, 0.1) is 33.1 Å². The van der Waals surface area contributed by atoms with E-state index in [4.69, 9.17) is 9.97 Å². The average molecular weight is 1280 g/mol. The smallest absolute Gasteiger partial charge is 0.145 e. The van der Waals surface area contributed by atoms with E-state index in [1.807, 2.05) is 24.5 Å². The summed E-state index contributed by atoms with van der Waals surface area (Å²) in [5.74, 6) is 0. The summed E-state index contributed by atoms with van der Waals surface area (Å²) in [6, 6.07) is 131. The molecule has 0 amide bonds. The molecule has 0 fully saturated rings. The van der Waals surface area contributed by atoms with Crippen molar-refractivity contribution in [3.05, 3.63) is 376 Å². The monoisotopic (exact) mass is 1270 g/mol. The molecule has 0 saturated carbocycles.